The number of aliphatic carboxylic acids is 1. The van der Waals surface area contributed by atoms with Crippen LogP contribution in [0.3, 0.4) is 0 Å². The summed E-state index contributed by atoms with van der Waals surface area (Å²) in [5, 5.41) is 9.57. The molecule has 2 heterocycles. The van der Waals surface area contributed by atoms with Crippen molar-refractivity contribution in [2.24, 2.45) is 5.41 Å². The van der Waals surface area contributed by atoms with Gasteiger partial charge in [0.2, 0.25) is 0 Å². The maximum Gasteiger partial charge on any atom is 0.433 e. The van der Waals surface area contributed by atoms with Crippen molar-refractivity contribution < 1.29 is 23.1 Å². The molecule has 0 aromatic carbocycles. The van der Waals surface area contributed by atoms with Gasteiger partial charge in [-0.2, -0.15) is 13.2 Å². The maximum atomic E-state index is 12.5. The number of piperidine rings is 1. The van der Waals surface area contributed by atoms with Gasteiger partial charge in [-0.05, 0) is 37.4 Å². The number of likely N-dealkylation sites (tertiary alicyclic amines) is 1. The predicted octanol–water partition coefficient (Wildman–Crippen LogP) is 3.57. The summed E-state index contributed by atoms with van der Waals surface area (Å²) in [6, 6.07) is 2.38. The van der Waals surface area contributed by atoms with E-state index in [0.29, 0.717) is 31.5 Å². The Balaban J connectivity index is 2.06. The first kappa shape index (κ1) is 17.7. The molecule has 1 N–H and O–H groups in total. The molecule has 4 nitrogen and oxygen atoms in total. The third-order valence-electron chi connectivity index (χ3n) is 4.36. The first-order chi connectivity index (χ1) is 10.8. The number of aromatic nitrogens is 1. The highest BCUT2D eigenvalue weighted by atomic mass is 19.4. The van der Waals surface area contributed by atoms with E-state index < -0.39 is 23.3 Å². The molecule has 1 aromatic heterocycles. The number of halogens is 3. The van der Waals surface area contributed by atoms with Crippen LogP contribution >= 0.6 is 0 Å². The lowest BCUT2D eigenvalue weighted by Crippen LogP contribution is -2.47. The predicted molar refractivity (Wildman–Crippen MR) is 78.7 cm³/mol. The van der Waals surface area contributed by atoms with Crippen LogP contribution in [0, 0.1) is 5.41 Å². The van der Waals surface area contributed by atoms with E-state index in [9.17, 15) is 23.1 Å². The topological polar surface area (TPSA) is 53.4 Å². The zero-order chi connectivity index (χ0) is 17.1. The highest BCUT2D eigenvalue weighted by Gasteiger charge is 2.41. The fourth-order valence-corrected chi connectivity index (χ4v) is 3.27. The minimum Gasteiger partial charge on any atom is -0.481 e. The quantitative estimate of drug-likeness (QED) is 0.897. The normalized spacial score (nSPS) is 23.0. The number of pyridine rings is 1. The maximum absolute atomic E-state index is 12.5. The second-order valence-electron chi connectivity index (χ2n) is 6.20. The van der Waals surface area contributed by atoms with E-state index in [0.717, 1.165) is 25.5 Å². The number of carboxylic acids is 1. The first-order valence-electron chi connectivity index (χ1n) is 7.75. The molecule has 1 unspecified atom stereocenters. The van der Waals surface area contributed by atoms with Gasteiger partial charge in [0.1, 0.15) is 5.69 Å². The van der Waals surface area contributed by atoms with E-state index in [1.54, 1.807) is 0 Å². The Labute approximate surface area is 133 Å². The lowest BCUT2D eigenvalue weighted by atomic mass is 9.76. The Kier molecular flexibility index (Phi) is 5.29. The van der Waals surface area contributed by atoms with E-state index in [1.807, 2.05) is 11.8 Å². The molecule has 0 spiro atoms. The lowest BCUT2D eigenvalue weighted by molar-refractivity contribution is -0.153. The van der Waals surface area contributed by atoms with Crippen LogP contribution in [0.15, 0.2) is 18.3 Å². The molecular weight excluding hydrogens is 309 g/mol. The summed E-state index contributed by atoms with van der Waals surface area (Å²) < 4.78 is 37.5. The SMILES string of the molecule is CCCC1(C(=O)O)CCCN(Cc2ccc(C(F)(F)F)nc2)C1. The van der Waals surface area contributed by atoms with Gasteiger partial charge in [0.15, 0.2) is 0 Å². The number of hydrogen-bond acceptors (Lipinski definition) is 3. The van der Waals surface area contributed by atoms with Crippen LogP contribution in [-0.2, 0) is 17.5 Å². The van der Waals surface area contributed by atoms with E-state index in [2.05, 4.69) is 4.98 Å². The average molecular weight is 330 g/mol. The summed E-state index contributed by atoms with van der Waals surface area (Å²) in [5.74, 6) is -0.783. The second kappa shape index (κ2) is 6.86. The van der Waals surface area contributed by atoms with Crippen molar-refractivity contribution in [2.75, 3.05) is 13.1 Å². The molecule has 0 aliphatic carbocycles. The number of nitrogens with zero attached hydrogens (tertiary/aromatic N) is 2. The van der Waals surface area contributed by atoms with Crippen molar-refractivity contribution in [3.05, 3.63) is 29.6 Å². The monoisotopic (exact) mass is 330 g/mol. The Morgan fingerprint density at radius 1 is 1.43 bits per heavy atom. The first-order valence-corrected chi connectivity index (χ1v) is 7.75. The van der Waals surface area contributed by atoms with Gasteiger partial charge in [0.05, 0.1) is 5.41 Å². The number of rotatable bonds is 5. The summed E-state index contributed by atoms with van der Waals surface area (Å²) in [5.41, 5.74) is -0.992. The highest BCUT2D eigenvalue weighted by molar-refractivity contribution is 5.75. The van der Waals surface area contributed by atoms with Gasteiger partial charge in [-0.1, -0.05) is 19.4 Å². The average Bonchev–Trinajstić information content (AvgIpc) is 2.47. The lowest BCUT2D eigenvalue weighted by Gasteiger charge is -2.40. The van der Waals surface area contributed by atoms with Crippen LogP contribution in [0.1, 0.15) is 43.9 Å². The van der Waals surface area contributed by atoms with Gasteiger partial charge < -0.3 is 5.11 Å². The highest BCUT2D eigenvalue weighted by Crippen LogP contribution is 2.35. The molecule has 7 heteroatoms. The Morgan fingerprint density at radius 3 is 2.70 bits per heavy atom. The van der Waals surface area contributed by atoms with Gasteiger partial charge in [0.25, 0.3) is 0 Å². The van der Waals surface area contributed by atoms with Crippen LogP contribution in [0.25, 0.3) is 0 Å². The third-order valence-corrected chi connectivity index (χ3v) is 4.36. The summed E-state index contributed by atoms with van der Waals surface area (Å²) in [6.07, 6.45) is -0.382. The van der Waals surface area contributed by atoms with Crippen LogP contribution in [-0.4, -0.2) is 34.0 Å². The molecule has 23 heavy (non-hydrogen) atoms. The molecule has 128 valence electrons. The number of alkyl halides is 3. The van der Waals surface area contributed by atoms with Gasteiger partial charge in [-0.25, -0.2) is 0 Å². The van der Waals surface area contributed by atoms with E-state index in [-0.39, 0.29) is 0 Å². The Bertz CT molecular complexity index is 541. The van der Waals surface area contributed by atoms with Crippen molar-refractivity contribution in [3.63, 3.8) is 0 Å². The molecule has 0 radical (unpaired) electrons. The summed E-state index contributed by atoms with van der Waals surface area (Å²) in [6.45, 7) is 3.56. The van der Waals surface area contributed by atoms with Gasteiger partial charge in [0, 0.05) is 19.3 Å². The summed E-state index contributed by atoms with van der Waals surface area (Å²) in [4.78, 5) is 17.1. The minimum absolute atomic E-state index is 0.421. The molecule has 0 amide bonds. The molecule has 1 fully saturated rings. The van der Waals surface area contributed by atoms with Crippen molar-refractivity contribution in [1.29, 1.82) is 0 Å². The molecule has 2 rings (SSSR count). The molecule has 1 saturated heterocycles. The van der Waals surface area contributed by atoms with Gasteiger partial charge >= 0.3 is 12.1 Å². The fraction of sp³-hybridized carbons (Fsp3) is 0.625. The molecule has 1 aliphatic rings. The van der Waals surface area contributed by atoms with E-state index >= 15 is 0 Å². The molecule has 1 aromatic rings. The second-order valence-corrected chi connectivity index (χ2v) is 6.20. The van der Waals surface area contributed by atoms with Gasteiger partial charge in [-0.15, -0.1) is 0 Å². The molecular formula is C16H21F3N2O2. The molecule has 0 saturated carbocycles. The van der Waals surface area contributed by atoms with Crippen LogP contribution in [0.2, 0.25) is 0 Å². The van der Waals surface area contributed by atoms with Crippen molar-refractivity contribution in [1.82, 2.24) is 9.88 Å². The van der Waals surface area contributed by atoms with E-state index in [4.69, 9.17) is 0 Å². The zero-order valence-electron chi connectivity index (χ0n) is 13.1. The molecule has 1 atom stereocenters. The van der Waals surface area contributed by atoms with Gasteiger partial charge in [-0.3, -0.25) is 14.7 Å². The number of carboxylic acid groups (broad SMARTS) is 1. The zero-order valence-corrected chi connectivity index (χ0v) is 13.1. The Hall–Kier alpha value is -1.63. The fourth-order valence-electron chi connectivity index (χ4n) is 3.27. The summed E-state index contributed by atoms with van der Waals surface area (Å²) >= 11 is 0. The Morgan fingerprint density at radius 2 is 2.17 bits per heavy atom. The summed E-state index contributed by atoms with van der Waals surface area (Å²) in [7, 11) is 0. The van der Waals surface area contributed by atoms with Crippen molar-refractivity contribution in [3.8, 4) is 0 Å². The molecule has 1 aliphatic heterocycles. The smallest absolute Gasteiger partial charge is 0.433 e. The number of carbonyl (C=O) groups is 1. The van der Waals surface area contributed by atoms with Crippen molar-refractivity contribution >= 4 is 5.97 Å². The van der Waals surface area contributed by atoms with Crippen LogP contribution in [0.4, 0.5) is 13.2 Å². The largest absolute Gasteiger partial charge is 0.481 e. The van der Waals surface area contributed by atoms with Crippen LogP contribution < -0.4 is 0 Å². The number of hydrogen-bond donors (Lipinski definition) is 1. The standard InChI is InChI=1S/C16H21F3N2O2/c1-2-6-15(14(22)23)7-3-8-21(11-15)10-12-4-5-13(20-9-12)16(17,18)19/h4-5,9H,2-3,6-8,10-11H2,1H3,(H,22,23). The van der Waals surface area contributed by atoms with Crippen molar-refractivity contribution in [2.45, 2.75) is 45.3 Å². The van der Waals surface area contributed by atoms with Crippen LogP contribution in [0.5, 0.6) is 0 Å². The third kappa shape index (κ3) is 4.22. The molecule has 0 bridgehead atoms. The van der Waals surface area contributed by atoms with E-state index in [1.165, 1.54) is 12.3 Å². The minimum atomic E-state index is -4.44.